The standard InChI is InChI=1S/C15H28O3/c1-6-18-13(16)14(4,5)12-7-9-15(17,10-8-12)11(2)3/h11-12,17H,6-10H2,1-5H3. The number of carbonyl (C=O) groups excluding carboxylic acids is 1. The summed E-state index contributed by atoms with van der Waals surface area (Å²) in [5.41, 5.74) is -0.977. The molecule has 0 spiro atoms. The van der Waals surface area contributed by atoms with Crippen molar-refractivity contribution in [2.75, 3.05) is 6.61 Å². The van der Waals surface area contributed by atoms with Crippen molar-refractivity contribution in [3.63, 3.8) is 0 Å². The maximum absolute atomic E-state index is 12.0. The van der Waals surface area contributed by atoms with Crippen molar-refractivity contribution in [1.82, 2.24) is 0 Å². The van der Waals surface area contributed by atoms with E-state index in [4.69, 9.17) is 4.74 Å². The quantitative estimate of drug-likeness (QED) is 0.786. The van der Waals surface area contributed by atoms with Crippen LogP contribution in [0.1, 0.15) is 60.3 Å². The summed E-state index contributed by atoms with van der Waals surface area (Å²) in [7, 11) is 0. The molecule has 0 radical (unpaired) electrons. The fourth-order valence-corrected chi connectivity index (χ4v) is 2.90. The van der Waals surface area contributed by atoms with E-state index in [1.54, 1.807) is 0 Å². The van der Waals surface area contributed by atoms with Crippen LogP contribution >= 0.6 is 0 Å². The lowest BCUT2D eigenvalue weighted by Gasteiger charge is -2.43. The first-order valence-electron chi connectivity index (χ1n) is 7.13. The summed E-state index contributed by atoms with van der Waals surface area (Å²) in [5, 5.41) is 10.5. The fraction of sp³-hybridized carbons (Fsp3) is 0.933. The molecule has 0 amide bonds. The Labute approximate surface area is 111 Å². The Morgan fingerprint density at radius 2 is 1.89 bits per heavy atom. The van der Waals surface area contributed by atoms with Crippen LogP contribution in [0.5, 0.6) is 0 Å². The van der Waals surface area contributed by atoms with Gasteiger partial charge in [-0.25, -0.2) is 0 Å². The van der Waals surface area contributed by atoms with Crippen LogP contribution in [-0.2, 0) is 9.53 Å². The van der Waals surface area contributed by atoms with Gasteiger partial charge < -0.3 is 9.84 Å². The van der Waals surface area contributed by atoms with Crippen LogP contribution in [0.4, 0.5) is 0 Å². The zero-order valence-corrected chi connectivity index (χ0v) is 12.5. The van der Waals surface area contributed by atoms with Gasteiger partial charge in [0.2, 0.25) is 0 Å². The third kappa shape index (κ3) is 3.05. The highest BCUT2D eigenvalue weighted by atomic mass is 16.5. The molecule has 18 heavy (non-hydrogen) atoms. The minimum Gasteiger partial charge on any atom is -0.466 e. The van der Waals surface area contributed by atoms with Crippen LogP contribution in [0.3, 0.4) is 0 Å². The molecule has 1 fully saturated rings. The lowest BCUT2D eigenvalue weighted by atomic mass is 9.65. The molecule has 0 unspecified atom stereocenters. The van der Waals surface area contributed by atoms with Gasteiger partial charge in [-0.05, 0) is 58.3 Å². The molecule has 0 aromatic heterocycles. The van der Waals surface area contributed by atoms with Gasteiger partial charge in [0.15, 0.2) is 0 Å². The Balaban J connectivity index is 2.64. The summed E-state index contributed by atoms with van der Waals surface area (Å²) >= 11 is 0. The molecule has 3 nitrogen and oxygen atoms in total. The first kappa shape index (κ1) is 15.5. The number of ether oxygens (including phenoxy) is 1. The predicted molar refractivity (Wildman–Crippen MR) is 72.2 cm³/mol. The normalized spacial score (nSPS) is 29.4. The number of rotatable bonds is 4. The highest BCUT2D eigenvalue weighted by Gasteiger charge is 2.44. The van der Waals surface area contributed by atoms with Gasteiger partial charge in [-0.1, -0.05) is 13.8 Å². The van der Waals surface area contributed by atoms with Crippen molar-refractivity contribution in [3.05, 3.63) is 0 Å². The maximum atomic E-state index is 12.0. The lowest BCUT2D eigenvalue weighted by Crippen LogP contribution is -2.44. The monoisotopic (exact) mass is 256 g/mol. The van der Waals surface area contributed by atoms with Crippen molar-refractivity contribution in [2.24, 2.45) is 17.3 Å². The summed E-state index contributed by atoms with van der Waals surface area (Å²) in [6, 6.07) is 0. The number of hydrogen-bond donors (Lipinski definition) is 1. The Morgan fingerprint density at radius 1 is 1.39 bits per heavy atom. The number of carbonyl (C=O) groups is 1. The van der Waals surface area contributed by atoms with Gasteiger partial charge in [-0.15, -0.1) is 0 Å². The molecule has 0 bridgehead atoms. The van der Waals surface area contributed by atoms with Crippen molar-refractivity contribution in [1.29, 1.82) is 0 Å². The minimum absolute atomic E-state index is 0.106. The highest BCUT2D eigenvalue weighted by molar-refractivity contribution is 5.76. The molecular weight excluding hydrogens is 228 g/mol. The van der Waals surface area contributed by atoms with E-state index in [1.807, 2.05) is 20.8 Å². The van der Waals surface area contributed by atoms with E-state index in [0.717, 1.165) is 25.7 Å². The highest BCUT2D eigenvalue weighted by Crippen LogP contribution is 2.44. The molecule has 0 atom stereocenters. The Hall–Kier alpha value is -0.570. The smallest absolute Gasteiger partial charge is 0.311 e. The van der Waals surface area contributed by atoms with E-state index in [0.29, 0.717) is 12.5 Å². The minimum atomic E-state index is -0.540. The summed E-state index contributed by atoms with van der Waals surface area (Å²) in [4.78, 5) is 12.0. The maximum Gasteiger partial charge on any atom is 0.311 e. The van der Waals surface area contributed by atoms with Crippen molar-refractivity contribution in [3.8, 4) is 0 Å². The fourth-order valence-electron chi connectivity index (χ4n) is 2.90. The Morgan fingerprint density at radius 3 is 2.28 bits per heavy atom. The summed E-state index contributed by atoms with van der Waals surface area (Å²) in [6.45, 7) is 10.3. The first-order valence-corrected chi connectivity index (χ1v) is 7.13. The molecule has 1 aliphatic carbocycles. The molecule has 0 aromatic carbocycles. The predicted octanol–water partition coefficient (Wildman–Crippen LogP) is 3.15. The van der Waals surface area contributed by atoms with Gasteiger partial charge in [-0.2, -0.15) is 0 Å². The Kier molecular flexibility index (Phi) is 4.82. The van der Waals surface area contributed by atoms with Crippen molar-refractivity contribution < 1.29 is 14.6 Å². The number of hydrogen-bond acceptors (Lipinski definition) is 3. The lowest BCUT2D eigenvalue weighted by molar-refractivity contribution is -0.159. The van der Waals surface area contributed by atoms with Gasteiger partial charge in [0, 0.05) is 0 Å². The van der Waals surface area contributed by atoms with E-state index in [1.165, 1.54) is 0 Å². The molecule has 106 valence electrons. The second-order valence-electron chi connectivity index (χ2n) is 6.47. The van der Waals surface area contributed by atoms with Gasteiger partial charge >= 0.3 is 5.97 Å². The average molecular weight is 256 g/mol. The molecule has 1 N–H and O–H groups in total. The second-order valence-corrected chi connectivity index (χ2v) is 6.47. The largest absolute Gasteiger partial charge is 0.466 e. The average Bonchev–Trinajstić information content (AvgIpc) is 2.29. The molecule has 3 heteroatoms. The molecule has 0 heterocycles. The molecule has 1 aliphatic rings. The molecule has 0 aromatic rings. The molecule has 1 rings (SSSR count). The van der Waals surface area contributed by atoms with Crippen LogP contribution < -0.4 is 0 Å². The van der Waals surface area contributed by atoms with Gasteiger partial charge in [0.25, 0.3) is 0 Å². The number of aliphatic hydroxyl groups is 1. The first-order chi connectivity index (χ1) is 8.24. The molecule has 1 saturated carbocycles. The van der Waals surface area contributed by atoms with Crippen LogP contribution in [0.25, 0.3) is 0 Å². The summed E-state index contributed by atoms with van der Waals surface area (Å²) in [5.74, 6) is 0.490. The third-order valence-electron chi connectivity index (χ3n) is 4.75. The van der Waals surface area contributed by atoms with Gasteiger partial charge in [-0.3, -0.25) is 4.79 Å². The second kappa shape index (κ2) is 5.60. The third-order valence-corrected chi connectivity index (χ3v) is 4.75. The van der Waals surface area contributed by atoms with Gasteiger partial charge in [0.1, 0.15) is 0 Å². The van der Waals surface area contributed by atoms with E-state index in [-0.39, 0.29) is 11.9 Å². The molecular formula is C15H28O3. The summed E-state index contributed by atoms with van der Waals surface area (Å²) in [6.07, 6.45) is 3.39. The van der Waals surface area contributed by atoms with Crippen molar-refractivity contribution >= 4 is 5.97 Å². The summed E-state index contributed by atoms with van der Waals surface area (Å²) < 4.78 is 5.16. The van der Waals surface area contributed by atoms with Crippen LogP contribution in [0, 0.1) is 17.3 Å². The van der Waals surface area contributed by atoms with Gasteiger partial charge in [0.05, 0.1) is 17.6 Å². The SMILES string of the molecule is CCOC(=O)C(C)(C)C1CCC(O)(C(C)C)CC1. The Bertz CT molecular complexity index is 286. The number of esters is 1. The zero-order valence-electron chi connectivity index (χ0n) is 12.5. The topological polar surface area (TPSA) is 46.5 Å². The van der Waals surface area contributed by atoms with Crippen LogP contribution in [0.2, 0.25) is 0 Å². The molecule has 0 aliphatic heterocycles. The van der Waals surface area contributed by atoms with E-state index >= 15 is 0 Å². The van der Waals surface area contributed by atoms with E-state index < -0.39 is 11.0 Å². The van der Waals surface area contributed by atoms with Crippen molar-refractivity contribution in [2.45, 2.75) is 65.9 Å². The zero-order chi connectivity index (χ0) is 14.0. The van der Waals surface area contributed by atoms with Crippen LogP contribution in [-0.4, -0.2) is 23.3 Å². The van der Waals surface area contributed by atoms with Crippen LogP contribution in [0.15, 0.2) is 0 Å². The van der Waals surface area contributed by atoms with E-state index in [2.05, 4.69) is 13.8 Å². The van der Waals surface area contributed by atoms with E-state index in [9.17, 15) is 9.90 Å². The molecule has 0 saturated heterocycles.